The van der Waals surface area contributed by atoms with Crippen LogP contribution in [0.1, 0.15) is 79.1 Å². The molecule has 0 saturated heterocycles. The molecule has 0 aromatic carbocycles. The van der Waals surface area contributed by atoms with Gasteiger partial charge in [0, 0.05) is 0 Å². The highest BCUT2D eigenvalue weighted by Gasteiger charge is 2.66. The maximum atomic E-state index is 10.9. The van der Waals surface area contributed by atoms with Crippen LogP contribution in [-0.4, -0.2) is 21.9 Å². The van der Waals surface area contributed by atoms with Crippen molar-refractivity contribution in [3.05, 3.63) is 0 Å². The molecule has 7 unspecified atom stereocenters. The van der Waals surface area contributed by atoms with Gasteiger partial charge in [-0.3, -0.25) is 0 Å². The summed E-state index contributed by atoms with van der Waals surface area (Å²) in [6.07, 6.45) is 9.14. The summed E-state index contributed by atoms with van der Waals surface area (Å²) in [4.78, 5) is 0. The van der Waals surface area contributed by atoms with Crippen LogP contribution < -0.4 is 0 Å². The van der Waals surface area contributed by atoms with E-state index in [0.29, 0.717) is 17.3 Å². The second kappa shape index (κ2) is 4.30. The number of fused-ring (bicyclic) bond motifs is 3. The van der Waals surface area contributed by atoms with Crippen molar-refractivity contribution >= 4 is 0 Å². The Bertz CT molecular complexity index is 482. The van der Waals surface area contributed by atoms with Crippen molar-refractivity contribution in [2.24, 2.45) is 34.0 Å². The van der Waals surface area contributed by atoms with Crippen molar-refractivity contribution in [1.82, 2.24) is 0 Å². The van der Waals surface area contributed by atoms with Crippen LogP contribution in [0.5, 0.6) is 0 Å². The summed E-state index contributed by atoms with van der Waals surface area (Å²) in [6, 6.07) is 0. The molecule has 0 heterocycles. The Morgan fingerprint density at radius 1 is 0.864 bits per heavy atom. The number of hydrogen-bond acceptors (Lipinski definition) is 2. The van der Waals surface area contributed by atoms with E-state index in [1.807, 2.05) is 0 Å². The molecular formula is C20H34O2. The summed E-state index contributed by atoms with van der Waals surface area (Å²) < 4.78 is 0. The molecule has 2 nitrogen and oxygen atoms in total. The summed E-state index contributed by atoms with van der Waals surface area (Å²) >= 11 is 0. The van der Waals surface area contributed by atoms with E-state index in [2.05, 4.69) is 27.7 Å². The highest BCUT2D eigenvalue weighted by atomic mass is 16.3. The lowest BCUT2D eigenvalue weighted by molar-refractivity contribution is -0.171. The number of aliphatic hydroxyl groups is 2. The summed E-state index contributed by atoms with van der Waals surface area (Å²) in [7, 11) is 0. The van der Waals surface area contributed by atoms with Crippen molar-refractivity contribution in [3.63, 3.8) is 0 Å². The van der Waals surface area contributed by atoms with Gasteiger partial charge in [0.25, 0.3) is 0 Å². The first kappa shape index (κ1) is 15.4. The molecule has 0 aromatic heterocycles. The normalized spacial score (nSPS) is 59.7. The maximum Gasteiger partial charge on any atom is 0.0653 e. The van der Waals surface area contributed by atoms with Gasteiger partial charge >= 0.3 is 0 Å². The Balaban J connectivity index is 1.74. The Hall–Kier alpha value is -0.0800. The predicted molar refractivity (Wildman–Crippen MR) is 88.4 cm³/mol. The molecule has 1 spiro atoms. The van der Waals surface area contributed by atoms with Gasteiger partial charge in [0.1, 0.15) is 0 Å². The van der Waals surface area contributed by atoms with Crippen LogP contribution in [-0.2, 0) is 0 Å². The molecule has 2 bridgehead atoms. The highest BCUT2D eigenvalue weighted by Crippen LogP contribution is 2.72. The van der Waals surface area contributed by atoms with Gasteiger partial charge in [0.15, 0.2) is 0 Å². The average Bonchev–Trinajstić information content (AvgIpc) is 2.52. The Morgan fingerprint density at radius 2 is 1.59 bits per heavy atom. The average molecular weight is 306 g/mol. The van der Waals surface area contributed by atoms with Crippen molar-refractivity contribution in [2.45, 2.75) is 90.8 Å². The van der Waals surface area contributed by atoms with Crippen molar-refractivity contribution in [3.8, 4) is 0 Å². The van der Waals surface area contributed by atoms with Crippen LogP contribution >= 0.6 is 0 Å². The fraction of sp³-hybridized carbons (Fsp3) is 1.00. The number of rotatable bonds is 0. The van der Waals surface area contributed by atoms with E-state index in [1.165, 1.54) is 32.1 Å². The largest absolute Gasteiger partial charge is 0.393 e. The van der Waals surface area contributed by atoms with Crippen molar-refractivity contribution in [2.75, 3.05) is 0 Å². The van der Waals surface area contributed by atoms with Gasteiger partial charge in [-0.05, 0) is 92.3 Å². The SMILES string of the molecule is CC1(C)CC(O)CC2(C)C1CCC13CC(CCC12)C(C)(O)C3. The first-order valence-corrected chi connectivity index (χ1v) is 9.50. The molecule has 0 aromatic rings. The molecule has 0 radical (unpaired) electrons. The van der Waals surface area contributed by atoms with Gasteiger partial charge in [-0.15, -0.1) is 0 Å². The van der Waals surface area contributed by atoms with E-state index < -0.39 is 5.60 Å². The minimum Gasteiger partial charge on any atom is -0.393 e. The molecule has 0 amide bonds. The van der Waals surface area contributed by atoms with Crippen LogP contribution in [0, 0.1) is 34.0 Å². The molecule has 4 aliphatic carbocycles. The third-order valence-electron chi connectivity index (χ3n) is 8.69. The van der Waals surface area contributed by atoms with Crippen LogP contribution in [0.15, 0.2) is 0 Å². The first-order valence-electron chi connectivity index (χ1n) is 9.50. The molecule has 4 fully saturated rings. The lowest BCUT2D eigenvalue weighted by Crippen LogP contribution is -2.58. The molecule has 7 atom stereocenters. The fourth-order valence-electron chi connectivity index (χ4n) is 8.29. The summed E-state index contributed by atoms with van der Waals surface area (Å²) in [5.74, 6) is 1.96. The van der Waals surface area contributed by atoms with Crippen LogP contribution in [0.2, 0.25) is 0 Å². The molecule has 4 rings (SSSR count). The summed E-state index contributed by atoms with van der Waals surface area (Å²) in [5, 5.41) is 21.4. The Kier molecular flexibility index (Phi) is 3.02. The van der Waals surface area contributed by atoms with Gasteiger partial charge in [0.05, 0.1) is 11.7 Å². The zero-order valence-electron chi connectivity index (χ0n) is 14.9. The molecule has 0 aliphatic heterocycles. The molecule has 22 heavy (non-hydrogen) atoms. The second-order valence-electron chi connectivity index (χ2n) is 10.6. The smallest absolute Gasteiger partial charge is 0.0653 e. The molecule has 2 heteroatoms. The van der Waals surface area contributed by atoms with E-state index in [9.17, 15) is 10.2 Å². The van der Waals surface area contributed by atoms with Crippen LogP contribution in [0.25, 0.3) is 0 Å². The predicted octanol–water partition coefficient (Wildman–Crippen LogP) is 4.14. The summed E-state index contributed by atoms with van der Waals surface area (Å²) in [6.45, 7) is 9.34. The van der Waals surface area contributed by atoms with E-state index in [0.717, 1.165) is 25.2 Å². The fourth-order valence-corrected chi connectivity index (χ4v) is 8.29. The topological polar surface area (TPSA) is 40.5 Å². The monoisotopic (exact) mass is 306 g/mol. The van der Waals surface area contributed by atoms with Crippen molar-refractivity contribution < 1.29 is 10.2 Å². The van der Waals surface area contributed by atoms with Gasteiger partial charge in [-0.25, -0.2) is 0 Å². The third-order valence-corrected chi connectivity index (χ3v) is 8.69. The summed E-state index contributed by atoms with van der Waals surface area (Å²) in [5.41, 5.74) is 0.447. The quantitative estimate of drug-likeness (QED) is 0.706. The zero-order chi connectivity index (χ0) is 16.0. The molecule has 4 saturated carbocycles. The standard InChI is InChI=1S/C20H34O2/c1-17(2)10-14(21)11-18(3)15(17)7-8-20-9-13(5-6-16(18)20)19(4,22)12-20/h13-16,21-22H,5-12H2,1-4H3. The van der Waals surface area contributed by atoms with Crippen molar-refractivity contribution in [1.29, 1.82) is 0 Å². The molecular weight excluding hydrogens is 272 g/mol. The van der Waals surface area contributed by atoms with Gasteiger partial charge < -0.3 is 10.2 Å². The molecule has 126 valence electrons. The lowest BCUT2D eigenvalue weighted by atomic mass is 9.41. The minimum absolute atomic E-state index is 0.133. The van der Waals surface area contributed by atoms with Gasteiger partial charge in [0.2, 0.25) is 0 Å². The molecule has 2 N–H and O–H groups in total. The highest BCUT2D eigenvalue weighted by molar-refractivity contribution is 5.16. The maximum absolute atomic E-state index is 10.9. The third kappa shape index (κ3) is 1.86. The zero-order valence-corrected chi connectivity index (χ0v) is 14.9. The Morgan fingerprint density at radius 3 is 2.32 bits per heavy atom. The van der Waals surface area contributed by atoms with Crippen LogP contribution in [0.4, 0.5) is 0 Å². The van der Waals surface area contributed by atoms with Crippen LogP contribution in [0.3, 0.4) is 0 Å². The number of hydrogen-bond donors (Lipinski definition) is 2. The van der Waals surface area contributed by atoms with E-state index in [1.54, 1.807) is 0 Å². The molecule has 4 aliphatic rings. The van der Waals surface area contributed by atoms with E-state index in [4.69, 9.17) is 0 Å². The minimum atomic E-state index is -0.444. The lowest BCUT2D eigenvalue weighted by Gasteiger charge is -2.64. The number of aliphatic hydroxyl groups excluding tert-OH is 1. The van der Waals surface area contributed by atoms with E-state index in [-0.39, 0.29) is 16.9 Å². The van der Waals surface area contributed by atoms with Gasteiger partial charge in [-0.2, -0.15) is 0 Å². The van der Waals surface area contributed by atoms with Gasteiger partial charge in [-0.1, -0.05) is 20.8 Å². The second-order valence-corrected chi connectivity index (χ2v) is 10.6. The Labute approximate surface area is 135 Å². The first-order chi connectivity index (χ1) is 10.1. The van der Waals surface area contributed by atoms with E-state index >= 15 is 0 Å².